The first-order chi connectivity index (χ1) is 19.5. The standard InChI is InChI=1S/C29H24ClF3N2O6/c1-39-21-12-19(13-22(14-21)40-25-9-8-23(25)28(37)38)34-26(17-2-5-18(30)6-3-17)27(36)35-11-10-16-4-7-20(15-24(16)35)41-29(31,32)33/h2-7,12-15,26,34H,8-11H2,1H3,(H,37,38). The minimum Gasteiger partial charge on any atom is -0.497 e. The van der Waals surface area contributed by atoms with E-state index in [1.807, 2.05) is 0 Å². The Kier molecular flexibility index (Phi) is 7.72. The van der Waals surface area contributed by atoms with Crippen LogP contribution in [-0.4, -0.2) is 37.0 Å². The molecule has 1 heterocycles. The summed E-state index contributed by atoms with van der Waals surface area (Å²) in [5, 5.41) is 13.0. The van der Waals surface area contributed by atoms with Crippen LogP contribution in [0.2, 0.25) is 5.02 Å². The number of carboxylic acids is 1. The van der Waals surface area contributed by atoms with E-state index in [1.54, 1.807) is 42.5 Å². The lowest BCUT2D eigenvalue weighted by Gasteiger charge is -2.27. The number of carbonyl (C=O) groups is 2. The molecule has 0 saturated carbocycles. The van der Waals surface area contributed by atoms with Gasteiger partial charge in [0.25, 0.3) is 5.91 Å². The van der Waals surface area contributed by atoms with Crippen LogP contribution >= 0.6 is 11.6 Å². The zero-order valence-corrected chi connectivity index (χ0v) is 22.4. The maximum absolute atomic E-state index is 14.0. The van der Waals surface area contributed by atoms with Gasteiger partial charge in [-0.25, -0.2) is 4.79 Å². The van der Waals surface area contributed by atoms with Crippen molar-refractivity contribution in [2.24, 2.45) is 0 Å². The van der Waals surface area contributed by atoms with Crippen LogP contribution in [0, 0.1) is 0 Å². The van der Waals surface area contributed by atoms with Crippen molar-refractivity contribution in [3.05, 3.63) is 88.1 Å². The average molecular weight is 589 g/mol. The highest BCUT2D eigenvalue weighted by atomic mass is 35.5. The minimum absolute atomic E-state index is 0.193. The maximum atomic E-state index is 14.0. The van der Waals surface area contributed by atoms with Gasteiger partial charge in [0, 0.05) is 47.9 Å². The van der Waals surface area contributed by atoms with Gasteiger partial charge in [0.05, 0.1) is 18.4 Å². The molecule has 0 radical (unpaired) electrons. The molecule has 0 saturated heterocycles. The van der Waals surface area contributed by atoms with Crippen molar-refractivity contribution in [3.8, 4) is 17.2 Å². The molecule has 12 heteroatoms. The lowest BCUT2D eigenvalue weighted by Crippen LogP contribution is -2.37. The van der Waals surface area contributed by atoms with Gasteiger partial charge >= 0.3 is 12.3 Å². The summed E-state index contributed by atoms with van der Waals surface area (Å²) in [7, 11) is 1.46. The summed E-state index contributed by atoms with van der Waals surface area (Å²) in [6.45, 7) is 0.258. The average Bonchev–Trinajstić information content (AvgIpc) is 3.32. The lowest BCUT2D eigenvalue weighted by molar-refractivity contribution is -0.274. The van der Waals surface area contributed by atoms with Crippen molar-refractivity contribution in [1.82, 2.24) is 0 Å². The van der Waals surface area contributed by atoms with Gasteiger partial charge in [-0.15, -0.1) is 13.2 Å². The second-order valence-corrected chi connectivity index (χ2v) is 9.85. The number of amides is 1. The molecule has 1 atom stereocenters. The van der Waals surface area contributed by atoms with E-state index in [2.05, 4.69) is 10.1 Å². The normalized spacial score (nSPS) is 15.1. The van der Waals surface area contributed by atoms with E-state index < -0.39 is 30.0 Å². The third-order valence-corrected chi connectivity index (χ3v) is 7.02. The SMILES string of the molecule is COc1cc(NC(C(=O)N2CCc3ccc(OC(F)(F)F)cc32)c2ccc(Cl)cc2)cc(OC2=C(C(=O)O)CC2)c1. The van der Waals surface area contributed by atoms with Gasteiger partial charge in [-0.05, 0) is 42.2 Å². The predicted molar refractivity (Wildman–Crippen MR) is 145 cm³/mol. The van der Waals surface area contributed by atoms with Gasteiger partial charge in [0.2, 0.25) is 0 Å². The molecule has 1 amide bonds. The molecule has 0 bridgehead atoms. The Balaban J connectivity index is 1.48. The molecule has 2 aliphatic rings. The summed E-state index contributed by atoms with van der Waals surface area (Å²) in [5.41, 5.74) is 2.21. The molecule has 0 aromatic heterocycles. The van der Waals surface area contributed by atoms with Crippen molar-refractivity contribution in [2.75, 3.05) is 23.9 Å². The number of fused-ring (bicyclic) bond motifs is 1. The predicted octanol–water partition coefficient (Wildman–Crippen LogP) is 6.50. The van der Waals surface area contributed by atoms with E-state index in [-0.39, 0.29) is 12.1 Å². The molecule has 8 nitrogen and oxygen atoms in total. The molecule has 3 aromatic rings. The number of allylic oxidation sites excluding steroid dienone is 1. The molecule has 2 N–H and O–H groups in total. The summed E-state index contributed by atoms with van der Waals surface area (Å²) in [6.07, 6.45) is -3.54. The number of hydrogen-bond donors (Lipinski definition) is 2. The van der Waals surface area contributed by atoms with Crippen LogP contribution in [-0.2, 0) is 16.0 Å². The van der Waals surface area contributed by atoms with Crippen LogP contribution in [0.5, 0.6) is 17.2 Å². The zero-order chi connectivity index (χ0) is 29.3. The third-order valence-electron chi connectivity index (χ3n) is 6.77. The van der Waals surface area contributed by atoms with Crippen LogP contribution < -0.4 is 24.4 Å². The number of halogens is 4. The van der Waals surface area contributed by atoms with E-state index in [4.69, 9.17) is 21.1 Å². The van der Waals surface area contributed by atoms with Gasteiger partial charge in [0.15, 0.2) is 0 Å². The molecule has 41 heavy (non-hydrogen) atoms. The molecule has 3 aromatic carbocycles. The first kappa shape index (κ1) is 28.2. The van der Waals surface area contributed by atoms with E-state index in [0.29, 0.717) is 64.0 Å². The molecule has 1 aliphatic heterocycles. The fraction of sp³-hybridized carbons (Fsp3) is 0.241. The van der Waals surface area contributed by atoms with Gasteiger partial charge in [-0.1, -0.05) is 29.8 Å². The topological polar surface area (TPSA) is 97.3 Å². The molecule has 0 fully saturated rings. The van der Waals surface area contributed by atoms with Crippen molar-refractivity contribution < 1.29 is 42.1 Å². The Morgan fingerprint density at radius 2 is 1.71 bits per heavy atom. The molecule has 5 rings (SSSR count). The number of ether oxygens (including phenoxy) is 3. The third kappa shape index (κ3) is 6.35. The zero-order valence-electron chi connectivity index (χ0n) is 21.6. The van der Waals surface area contributed by atoms with Crippen molar-refractivity contribution in [3.63, 3.8) is 0 Å². The number of hydrogen-bond acceptors (Lipinski definition) is 6. The molecular formula is C29H24ClF3N2O6. The van der Waals surface area contributed by atoms with Crippen molar-refractivity contribution in [2.45, 2.75) is 31.7 Å². The largest absolute Gasteiger partial charge is 0.573 e. The molecular weight excluding hydrogens is 565 g/mol. The first-order valence-corrected chi connectivity index (χ1v) is 12.9. The van der Waals surface area contributed by atoms with Crippen LogP contribution in [0.4, 0.5) is 24.5 Å². The fourth-order valence-corrected chi connectivity index (χ4v) is 4.84. The van der Waals surface area contributed by atoms with Gasteiger partial charge in [-0.3, -0.25) is 4.79 Å². The Morgan fingerprint density at radius 3 is 2.34 bits per heavy atom. The number of benzene rings is 3. The van der Waals surface area contributed by atoms with Crippen molar-refractivity contribution in [1.29, 1.82) is 0 Å². The van der Waals surface area contributed by atoms with Gasteiger partial charge in [-0.2, -0.15) is 0 Å². The Morgan fingerprint density at radius 1 is 0.976 bits per heavy atom. The highest BCUT2D eigenvalue weighted by molar-refractivity contribution is 6.30. The highest BCUT2D eigenvalue weighted by Gasteiger charge is 2.35. The number of methoxy groups -OCH3 is 1. The lowest BCUT2D eigenvalue weighted by atomic mass is 9.96. The molecule has 214 valence electrons. The van der Waals surface area contributed by atoms with Crippen LogP contribution in [0.15, 0.2) is 72.0 Å². The summed E-state index contributed by atoms with van der Waals surface area (Å²) < 4.78 is 53.9. The minimum atomic E-state index is -4.87. The number of nitrogens with zero attached hydrogens (tertiary/aromatic N) is 1. The van der Waals surface area contributed by atoms with Crippen LogP contribution in [0.1, 0.15) is 30.0 Å². The molecule has 1 unspecified atom stereocenters. The summed E-state index contributed by atoms with van der Waals surface area (Å²) in [5.74, 6) is -0.848. The van der Waals surface area contributed by atoms with Gasteiger partial charge in [0.1, 0.15) is 29.0 Å². The number of carboxylic acid groups (broad SMARTS) is 1. The summed E-state index contributed by atoms with van der Waals surface area (Å²) in [6, 6.07) is 14.4. The monoisotopic (exact) mass is 588 g/mol. The number of rotatable bonds is 9. The maximum Gasteiger partial charge on any atom is 0.573 e. The quantitative estimate of drug-likeness (QED) is 0.294. The number of alkyl halides is 3. The van der Waals surface area contributed by atoms with Gasteiger partial charge < -0.3 is 29.5 Å². The van der Waals surface area contributed by atoms with E-state index in [0.717, 1.165) is 0 Å². The van der Waals surface area contributed by atoms with Crippen molar-refractivity contribution >= 4 is 34.9 Å². The molecule has 1 aliphatic carbocycles. The fourth-order valence-electron chi connectivity index (χ4n) is 4.72. The second kappa shape index (κ2) is 11.2. The van der Waals surface area contributed by atoms with Crippen LogP contribution in [0.25, 0.3) is 0 Å². The summed E-state index contributed by atoms with van der Waals surface area (Å²) >= 11 is 6.08. The summed E-state index contributed by atoms with van der Waals surface area (Å²) in [4.78, 5) is 26.8. The number of aliphatic carboxylic acids is 1. The number of anilines is 2. The number of carbonyl (C=O) groups excluding carboxylic acids is 1. The highest BCUT2D eigenvalue weighted by Crippen LogP contribution is 2.38. The van der Waals surface area contributed by atoms with Crippen LogP contribution in [0.3, 0.4) is 0 Å². The first-order valence-electron chi connectivity index (χ1n) is 12.5. The number of nitrogens with one attached hydrogen (secondary N) is 1. The van der Waals surface area contributed by atoms with E-state index >= 15 is 0 Å². The van der Waals surface area contributed by atoms with E-state index in [9.17, 15) is 27.9 Å². The Bertz CT molecular complexity index is 1520. The Labute approximate surface area is 237 Å². The Hall–Kier alpha value is -4.38. The molecule has 0 spiro atoms. The smallest absolute Gasteiger partial charge is 0.497 e. The second-order valence-electron chi connectivity index (χ2n) is 9.41. The van der Waals surface area contributed by atoms with E-state index in [1.165, 1.54) is 30.2 Å².